The second-order valence-corrected chi connectivity index (χ2v) is 5.45. The summed E-state index contributed by atoms with van der Waals surface area (Å²) in [5.41, 5.74) is 0.524. The first-order valence-electron chi connectivity index (χ1n) is 7.04. The highest BCUT2D eigenvalue weighted by atomic mass is 19.1. The normalized spacial score (nSPS) is 16.1. The van der Waals surface area contributed by atoms with Gasteiger partial charge in [0.2, 0.25) is 0 Å². The first-order valence-corrected chi connectivity index (χ1v) is 7.04. The third-order valence-corrected chi connectivity index (χ3v) is 3.59. The molecular formula is C14H15F2N5O2. The summed E-state index contributed by atoms with van der Waals surface area (Å²) < 4.78 is 27.8. The molecule has 23 heavy (non-hydrogen) atoms. The largest absolute Gasteiger partial charge is 0.387 e. The Morgan fingerprint density at radius 1 is 1.35 bits per heavy atom. The maximum Gasteiger partial charge on any atom is 0.321 e. The molecule has 1 aromatic heterocycles. The molecule has 3 rings (SSSR count). The summed E-state index contributed by atoms with van der Waals surface area (Å²) in [6.07, 6.45) is 0.929. The Balaban J connectivity index is 1.57. The highest BCUT2D eigenvalue weighted by molar-refractivity contribution is 5.89. The lowest BCUT2D eigenvalue weighted by atomic mass is 10.1. The quantitative estimate of drug-likeness (QED) is 0.900. The fourth-order valence-electron chi connectivity index (χ4n) is 2.28. The van der Waals surface area contributed by atoms with Crippen LogP contribution in [-0.4, -0.2) is 44.1 Å². The average Bonchev–Trinajstić information content (AvgIpc) is 2.85. The van der Waals surface area contributed by atoms with Crippen LogP contribution in [0.15, 0.2) is 24.4 Å². The van der Waals surface area contributed by atoms with Crippen molar-refractivity contribution in [3.8, 4) is 0 Å². The molecule has 2 heterocycles. The summed E-state index contributed by atoms with van der Waals surface area (Å²) in [6.45, 7) is 2.38. The van der Waals surface area contributed by atoms with Crippen LogP contribution >= 0.6 is 0 Å². The third-order valence-electron chi connectivity index (χ3n) is 3.59. The molecule has 2 aromatic rings. The van der Waals surface area contributed by atoms with Gasteiger partial charge in [-0.15, -0.1) is 5.10 Å². The van der Waals surface area contributed by atoms with E-state index >= 15 is 0 Å². The molecule has 0 aliphatic carbocycles. The van der Waals surface area contributed by atoms with Crippen LogP contribution in [0.3, 0.4) is 0 Å². The number of carbonyl (C=O) groups excluding carboxylic acids is 1. The summed E-state index contributed by atoms with van der Waals surface area (Å²) in [6, 6.07) is 2.35. The van der Waals surface area contributed by atoms with Gasteiger partial charge in [0.1, 0.15) is 17.3 Å². The number of hydrogen-bond acceptors (Lipinski definition) is 4. The second-order valence-electron chi connectivity index (χ2n) is 5.45. The number of amides is 2. The molecule has 0 radical (unpaired) electrons. The van der Waals surface area contributed by atoms with E-state index in [9.17, 15) is 18.7 Å². The van der Waals surface area contributed by atoms with Crippen LogP contribution in [0, 0.1) is 11.6 Å². The van der Waals surface area contributed by atoms with Crippen molar-refractivity contribution in [2.24, 2.45) is 0 Å². The average molecular weight is 323 g/mol. The van der Waals surface area contributed by atoms with E-state index in [1.807, 2.05) is 0 Å². The number of nitrogens with one attached hydrogen (secondary N) is 1. The Labute approximate surface area is 130 Å². The van der Waals surface area contributed by atoms with Crippen molar-refractivity contribution >= 4 is 11.7 Å². The van der Waals surface area contributed by atoms with Gasteiger partial charge in [0.05, 0.1) is 18.3 Å². The SMILES string of the molecule is C[C@H](O)c1cn(C2CN(C(=O)Nc3cc(F)cc(F)c3)C2)nn1. The Morgan fingerprint density at radius 3 is 2.57 bits per heavy atom. The van der Waals surface area contributed by atoms with E-state index in [4.69, 9.17) is 0 Å². The van der Waals surface area contributed by atoms with Crippen molar-refractivity contribution in [3.05, 3.63) is 41.7 Å². The van der Waals surface area contributed by atoms with Gasteiger partial charge in [0, 0.05) is 24.8 Å². The number of likely N-dealkylation sites (tertiary alicyclic amines) is 1. The molecule has 2 amide bonds. The van der Waals surface area contributed by atoms with Crippen LogP contribution < -0.4 is 5.32 Å². The first kappa shape index (κ1) is 15.3. The van der Waals surface area contributed by atoms with E-state index in [0.29, 0.717) is 18.8 Å². The topological polar surface area (TPSA) is 83.3 Å². The number of nitrogens with zero attached hydrogens (tertiary/aromatic N) is 4. The number of aliphatic hydroxyl groups excluding tert-OH is 1. The number of aliphatic hydroxyl groups is 1. The molecule has 1 aliphatic rings. The Hall–Kier alpha value is -2.55. The van der Waals surface area contributed by atoms with Crippen LogP contribution in [-0.2, 0) is 0 Å². The maximum absolute atomic E-state index is 13.1. The van der Waals surface area contributed by atoms with Gasteiger partial charge in [-0.2, -0.15) is 0 Å². The van der Waals surface area contributed by atoms with Crippen LogP contribution in [0.25, 0.3) is 0 Å². The molecule has 9 heteroatoms. The zero-order chi connectivity index (χ0) is 16.6. The Kier molecular flexibility index (Phi) is 3.95. The number of benzene rings is 1. The number of urea groups is 1. The monoisotopic (exact) mass is 323 g/mol. The zero-order valence-electron chi connectivity index (χ0n) is 12.3. The molecule has 122 valence electrons. The van der Waals surface area contributed by atoms with Gasteiger partial charge in [-0.3, -0.25) is 0 Å². The molecule has 7 nitrogen and oxygen atoms in total. The lowest BCUT2D eigenvalue weighted by Crippen LogP contribution is -2.52. The number of aromatic nitrogens is 3. The summed E-state index contributed by atoms with van der Waals surface area (Å²) in [4.78, 5) is 13.5. The molecule has 0 bridgehead atoms. The fourth-order valence-corrected chi connectivity index (χ4v) is 2.28. The zero-order valence-corrected chi connectivity index (χ0v) is 12.3. The number of halogens is 2. The summed E-state index contributed by atoms with van der Waals surface area (Å²) in [5.74, 6) is -1.51. The van der Waals surface area contributed by atoms with Gasteiger partial charge in [-0.25, -0.2) is 18.3 Å². The van der Waals surface area contributed by atoms with Gasteiger partial charge >= 0.3 is 6.03 Å². The van der Waals surface area contributed by atoms with Gasteiger partial charge in [-0.05, 0) is 19.1 Å². The van der Waals surface area contributed by atoms with Crippen LogP contribution in [0.2, 0.25) is 0 Å². The minimum absolute atomic E-state index is 0.0370. The summed E-state index contributed by atoms with van der Waals surface area (Å²) in [5, 5.41) is 19.6. The highest BCUT2D eigenvalue weighted by Crippen LogP contribution is 2.23. The van der Waals surface area contributed by atoms with Crippen molar-refractivity contribution in [2.45, 2.75) is 19.1 Å². The lowest BCUT2D eigenvalue weighted by Gasteiger charge is -2.38. The number of hydrogen-bond donors (Lipinski definition) is 2. The second kappa shape index (κ2) is 5.92. The molecular weight excluding hydrogens is 308 g/mol. The lowest BCUT2D eigenvalue weighted by molar-refractivity contribution is 0.127. The fraction of sp³-hybridized carbons (Fsp3) is 0.357. The molecule has 1 aromatic carbocycles. The number of anilines is 1. The molecule has 2 N–H and O–H groups in total. The molecule has 1 fully saturated rings. The summed E-state index contributed by atoms with van der Waals surface area (Å²) >= 11 is 0. The first-order chi connectivity index (χ1) is 10.9. The standard InChI is InChI=1S/C14H15F2N5O2/c1-8(22)13-7-21(19-18-13)12-5-20(6-12)14(23)17-11-3-9(15)2-10(16)4-11/h2-4,7-8,12,22H,5-6H2,1H3,(H,17,23)/t8-/m0/s1. The van der Waals surface area contributed by atoms with E-state index in [1.54, 1.807) is 17.8 Å². The van der Waals surface area contributed by atoms with E-state index in [2.05, 4.69) is 15.6 Å². The molecule has 0 unspecified atom stereocenters. The van der Waals surface area contributed by atoms with Crippen molar-refractivity contribution in [3.63, 3.8) is 0 Å². The smallest absolute Gasteiger partial charge is 0.321 e. The van der Waals surface area contributed by atoms with Gasteiger partial charge < -0.3 is 15.3 Å². The van der Waals surface area contributed by atoms with Crippen molar-refractivity contribution in [2.75, 3.05) is 18.4 Å². The number of rotatable bonds is 3. The van der Waals surface area contributed by atoms with Crippen LogP contribution in [0.1, 0.15) is 24.8 Å². The molecule has 1 saturated heterocycles. The molecule has 1 aliphatic heterocycles. The Bertz CT molecular complexity index is 707. The predicted molar refractivity (Wildman–Crippen MR) is 76.6 cm³/mol. The van der Waals surface area contributed by atoms with Crippen molar-refractivity contribution in [1.82, 2.24) is 19.9 Å². The molecule has 0 saturated carbocycles. The Morgan fingerprint density at radius 2 is 2.00 bits per heavy atom. The molecule has 0 spiro atoms. The van der Waals surface area contributed by atoms with E-state index in [1.165, 1.54) is 4.90 Å². The van der Waals surface area contributed by atoms with Gasteiger partial charge in [0.25, 0.3) is 0 Å². The minimum Gasteiger partial charge on any atom is -0.387 e. The third kappa shape index (κ3) is 3.29. The van der Waals surface area contributed by atoms with Crippen LogP contribution in [0.5, 0.6) is 0 Å². The molecule has 1 atom stereocenters. The summed E-state index contributed by atoms with van der Waals surface area (Å²) in [7, 11) is 0. The van der Waals surface area contributed by atoms with Crippen molar-refractivity contribution in [1.29, 1.82) is 0 Å². The van der Waals surface area contributed by atoms with Crippen molar-refractivity contribution < 1.29 is 18.7 Å². The predicted octanol–water partition coefficient (Wildman–Crippen LogP) is 1.70. The number of carbonyl (C=O) groups is 1. The highest BCUT2D eigenvalue weighted by Gasteiger charge is 2.33. The van der Waals surface area contributed by atoms with E-state index in [-0.39, 0.29) is 11.7 Å². The van der Waals surface area contributed by atoms with Gasteiger partial charge in [-0.1, -0.05) is 5.21 Å². The van der Waals surface area contributed by atoms with E-state index < -0.39 is 23.8 Å². The van der Waals surface area contributed by atoms with Gasteiger partial charge in [0.15, 0.2) is 0 Å². The van der Waals surface area contributed by atoms with Crippen LogP contribution in [0.4, 0.5) is 19.3 Å². The minimum atomic E-state index is -0.755. The van der Waals surface area contributed by atoms with E-state index in [0.717, 1.165) is 18.2 Å². The maximum atomic E-state index is 13.1.